The summed E-state index contributed by atoms with van der Waals surface area (Å²) >= 11 is 12.1. The Labute approximate surface area is 175 Å². The number of nitro groups is 1. The summed E-state index contributed by atoms with van der Waals surface area (Å²) in [6.07, 6.45) is 0.171. The minimum absolute atomic E-state index is 0.0430. The number of halogens is 2. The summed E-state index contributed by atoms with van der Waals surface area (Å²) in [5, 5.41) is 15.0. The molecule has 2 aromatic carbocycles. The molecule has 9 heteroatoms. The Balaban J connectivity index is 2.23. The fourth-order valence-electron chi connectivity index (χ4n) is 2.95. The maximum atomic E-state index is 13.1. The van der Waals surface area contributed by atoms with Crippen molar-refractivity contribution in [3.63, 3.8) is 0 Å². The summed E-state index contributed by atoms with van der Waals surface area (Å²) in [7, 11) is 0. The van der Waals surface area contributed by atoms with E-state index in [1.54, 1.807) is 12.1 Å². The number of hydrogen-bond donors (Lipinski definition) is 2. The summed E-state index contributed by atoms with van der Waals surface area (Å²) < 4.78 is 0. The number of aromatic nitrogens is 1. The number of nitro benzene ring substituents is 1. The number of carbonyl (C=O) groups is 1. The molecule has 0 saturated carbocycles. The lowest BCUT2D eigenvalue weighted by atomic mass is 9.99. The SMILES string of the molecule is CC(C)CC(=O)c1c(Nc2ccc(Cl)cc2Cl)[nH]c2cc([N+](=O)[O-])ccc2c1=O. The normalized spacial score (nSPS) is 11.1. The molecule has 2 N–H and O–H groups in total. The number of benzene rings is 2. The van der Waals surface area contributed by atoms with Gasteiger partial charge in [-0.15, -0.1) is 0 Å². The number of aromatic amines is 1. The lowest BCUT2D eigenvalue weighted by molar-refractivity contribution is -0.384. The predicted molar refractivity (Wildman–Crippen MR) is 115 cm³/mol. The zero-order valence-electron chi connectivity index (χ0n) is 15.6. The van der Waals surface area contributed by atoms with Gasteiger partial charge in [-0.3, -0.25) is 19.7 Å². The topological polar surface area (TPSA) is 105 Å². The summed E-state index contributed by atoms with van der Waals surface area (Å²) in [6.45, 7) is 3.75. The number of nitrogens with zero attached hydrogens (tertiary/aromatic N) is 1. The molecule has 0 aliphatic carbocycles. The molecule has 29 heavy (non-hydrogen) atoms. The second kappa shape index (κ2) is 8.23. The summed E-state index contributed by atoms with van der Waals surface area (Å²) in [5.74, 6) is -0.173. The first-order valence-electron chi connectivity index (χ1n) is 8.77. The van der Waals surface area contributed by atoms with Crippen LogP contribution < -0.4 is 10.7 Å². The van der Waals surface area contributed by atoms with Crippen molar-refractivity contribution in [2.24, 2.45) is 5.92 Å². The van der Waals surface area contributed by atoms with E-state index >= 15 is 0 Å². The molecule has 0 radical (unpaired) electrons. The molecule has 0 fully saturated rings. The minimum Gasteiger partial charge on any atom is -0.340 e. The lowest BCUT2D eigenvalue weighted by Crippen LogP contribution is -2.20. The number of nitrogens with one attached hydrogen (secondary N) is 2. The smallest absolute Gasteiger partial charge is 0.271 e. The van der Waals surface area contributed by atoms with Gasteiger partial charge < -0.3 is 10.3 Å². The van der Waals surface area contributed by atoms with Crippen molar-refractivity contribution in [3.8, 4) is 0 Å². The Morgan fingerprint density at radius 3 is 2.55 bits per heavy atom. The highest BCUT2D eigenvalue weighted by Gasteiger charge is 2.22. The average molecular weight is 434 g/mol. The van der Waals surface area contributed by atoms with Crippen molar-refractivity contribution in [1.82, 2.24) is 4.98 Å². The summed E-state index contributed by atoms with van der Waals surface area (Å²) in [6, 6.07) is 8.56. The Morgan fingerprint density at radius 2 is 1.93 bits per heavy atom. The zero-order valence-corrected chi connectivity index (χ0v) is 17.1. The van der Waals surface area contributed by atoms with Crippen LogP contribution in [0.5, 0.6) is 0 Å². The Kier molecular flexibility index (Phi) is 5.91. The van der Waals surface area contributed by atoms with Crippen LogP contribution in [0, 0.1) is 16.0 Å². The van der Waals surface area contributed by atoms with Crippen LogP contribution in [0.2, 0.25) is 10.0 Å². The molecule has 7 nitrogen and oxygen atoms in total. The van der Waals surface area contributed by atoms with Crippen LogP contribution in [0.1, 0.15) is 30.6 Å². The molecule has 150 valence electrons. The van der Waals surface area contributed by atoms with Crippen molar-refractivity contribution in [3.05, 3.63) is 72.3 Å². The van der Waals surface area contributed by atoms with E-state index in [0.29, 0.717) is 15.7 Å². The van der Waals surface area contributed by atoms with E-state index in [9.17, 15) is 19.7 Å². The van der Waals surface area contributed by atoms with Crippen LogP contribution >= 0.6 is 23.2 Å². The van der Waals surface area contributed by atoms with E-state index in [0.717, 1.165) is 0 Å². The highest BCUT2D eigenvalue weighted by atomic mass is 35.5. The molecule has 0 spiro atoms. The van der Waals surface area contributed by atoms with E-state index in [1.165, 1.54) is 24.3 Å². The Bertz CT molecular complexity index is 1190. The number of carbonyl (C=O) groups excluding carboxylic acids is 1. The van der Waals surface area contributed by atoms with Gasteiger partial charge in [-0.1, -0.05) is 37.0 Å². The number of pyridine rings is 1. The van der Waals surface area contributed by atoms with Crippen molar-refractivity contribution >= 4 is 57.1 Å². The Hall–Kier alpha value is -2.90. The van der Waals surface area contributed by atoms with Crippen molar-refractivity contribution in [2.45, 2.75) is 20.3 Å². The fraction of sp³-hybridized carbons (Fsp3) is 0.200. The van der Waals surface area contributed by atoms with E-state index in [1.807, 2.05) is 13.8 Å². The Morgan fingerprint density at radius 1 is 1.21 bits per heavy atom. The van der Waals surface area contributed by atoms with Crippen molar-refractivity contribution < 1.29 is 9.72 Å². The maximum Gasteiger partial charge on any atom is 0.271 e. The van der Waals surface area contributed by atoms with Gasteiger partial charge in [0.1, 0.15) is 11.4 Å². The molecule has 3 rings (SSSR count). The van der Waals surface area contributed by atoms with Gasteiger partial charge in [-0.05, 0) is 30.2 Å². The maximum absolute atomic E-state index is 13.1. The number of anilines is 2. The molecule has 0 aliphatic rings. The summed E-state index contributed by atoms with van der Waals surface area (Å²) in [5.41, 5.74) is -0.0733. The molecule has 3 aromatic rings. The first kappa shape index (κ1) is 20.8. The molecule has 0 saturated heterocycles. The van der Waals surface area contributed by atoms with Gasteiger partial charge in [0, 0.05) is 29.0 Å². The third kappa shape index (κ3) is 4.41. The monoisotopic (exact) mass is 433 g/mol. The van der Waals surface area contributed by atoms with E-state index in [2.05, 4.69) is 10.3 Å². The predicted octanol–water partition coefficient (Wildman–Crippen LogP) is 5.72. The third-order valence-electron chi connectivity index (χ3n) is 4.26. The highest BCUT2D eigenvalue weighted by molar-refractivity contribution is 6.36. The fourth-order valence-corrected chi connectivity index (χ4v) is 3.41. The number of hydrogen-bond acceptors (Lipinski definition) is 5. The van der Waals surface area contributed by atoms with E-state index in [-0.39, 0.29) is 46.1 Å². The molecule has 0 amide bonds. The van der Waals surface area contributed by atoms with Gasteiger partial charge >= 0.3 is 0 Å². The van der Waals surface area contributed by atoms with Crippen LogP contribution in [0.4, 0.5) is 17.2 Å². The number of non-ortho nitro benzene ring substituents is 1. The number of ketones is 1. The third-order valence-corrected chi connectivity index (χ3v) is 4.81. The molecule has 1 heterocycles. The largest absolute Gasteiger partial charge is 0.340 e. The van der Waals surface area contributed by atoms with Crippen LogP contribution in [0.3, 0.4) is 0 Å². The van der Waals surface area contributed by atoms with Crippen molar-refractivity contribution in [1.29, 1.82) is 0 Å². The first-order chi connectivity index (χ1) is 13.7. The van der Waals surface area contributed by atoms with E-state index < -0.39 is 10.4 Å². The van der Waals surface area contributed by atoms with Gasteiger partial charge in [0.05, 0.1) is 21.2 Å². The molecular formula is C20H17Cl2N3O4. The summed E-state index contributed by atoms with van der Waals surface area (Å²) in [4.78, 5) is 39.4. The van der Waals surface area contributed by atoms with Crippen LogP contribution in [-0.4, -0.2) is 15.7 Å². The lowest BCUT2D eigenvalue weighted by Gasteiger charge is -2.14. The van der Waals surface area contributed by atoms with Gasteiger partial charge in [0.15, 0.2) is 5.78 Å². The molecule has 0 unspecified atom stereocenters. The molecular weight excluding hydrogens is 417 g/mol. The van der Waals surface area contributed by atoms with Gasteiger partial charge in [0.2, 0.25) is 5.43 Å². The molecule has 1 aromatic heterocycles. The second-order valence-electron chi connectivity index (χ2n) is 6.96. The first-order valence-corrected chi connectivity index (χ1v) is 9.52. The number of H-pyrrole nitrogens is 1. The zero-order chi connectivity index (χ0) is 21.3. The molecule has 0 bridgehead atoms. The average Bonchev–Trinajstić information content (AvgIpc) is 2.63. The molecule has 0 atom stereocenters. The van der Waals surface area contributed by atoms with Crippen LogP contribution in [0.15, 0.2) is 41.2 Å². The van der Waals surface area contributed by atoms with Gasteiger partial charge in [-0.25, -0.2) is 0 Å². The second-order valence-corrected chi connectivity index (χ2v) is 7.81. The highest BCUT2D eigenvalue weighted by Crippen LogP contribution is 2.30. The quantitative estimate of drug-likeness (QED) is 0.294. The molecule has 0 aliphatic heterocycles. The van der Waals surface area contributed by atoms with Crippen LogP contribution in [0.25, 0.3) is 10.9 Å². The number of fused-ring (bicyclic) bond motifs is 1. The minimum atomic E-state index is -0.557. The number of rotatable bonds is 6. The van der Waals surface area contributed by atoms with Gasteiger partial charge in [-0.2, -0.15) is 0 Å². The van der Waals surface area contributed by atoms with Crippen LogP contribution in [-0.2, 0) is 0 Å². The van der Waals surface area contributed by atoms with E-state index in [4.69, 9.17) is 23.2 Å². The van der Waals surface area contributed by atoms with Crippen molar-refractivity contribution in [2.75, 3.05) is 5.32 Å². The number of Topliss-reactive ketones (excluding diaryl/α,β-unsaturated/α-hetero) is 1. The standard InChI is InChI=1S/C20H17Cl2N3O4/c1-10(2)7-17(26)18-19(27)13-5-4-12(25(28)29)9-16(13)24-20(18)23-15-6-3-11(21)8-14(15)22/h3-6,8-10H,7H2,1-2H3,(H2,23,24,27). The van der Waals surface area contributed by atoms with Gasteiger partial charge in [0.25, 0.3) is 5.69 Å².